The molecular weight excluding hydrogens is 270 g/mol. The van der Waals surface area contributed by atoms with Crippen LogP contribution in [0.2, 0.25) is 0 Å². The number of phenolic OH excluding ortho intramolecular Hbond substituents is 1. The number of hydrogen-bond acceptors (Lipinski definition) is 4. The third-order valence-corrected chi connectivity index (χ3v) is 3.18. The number of nitrogens with two attached hydrogens (primary N) is 1. The maximum absolute atomic E-state index is 12.5. The number of primary amides is 1. The molecule has 1 aromatic carbocycles. The number of nitrogens with zero attached hydrogens (tertiary/aromatic N) is 2. The van der Waals surface area contributed by atoms with Crippen molar-refractivity contribution in [3.05, 3.63) is 46.5 Å². The van der Waals surface area contributed by atoms with Crippen molar-refractivity contribution in [1.82, 2.24) is 9.55 Å². The summed E-state index contributed by atoms with van der Waals surface area (Å²) in [6, 6.07) is 6.17. The number of aromatic hydroxyl groups is 1. The first-order chi connectivity index (χ1) is 10.0. The second-order valence-electron chi connectivity index (χ2n) is 4.71. The lowest BCUT2D eigenvalue weighted by Crippen LogP contribution is -2.31. The summed E-state index contributed by atoms with van der Waals surface area (Å²) in [5.74, 6) is -0.563. The lowest BCUT2D eigenvalue weighted by molar-refractivity contribution is 0.0989. The molecule has 0 radical (unpaired) electrons. The summed E-state index contributed by atoms with van der Waals surface area (Å²) < 4.78 is 1.36. The number of carbonyl (C=O) groups excluding carboxylic acids is 1. The molecule has 0 spiro atoms. The predicted molar refractivity (Wildman–Crippen MR) is 79.0 cm³/mol. The first-order valence-electron chi connectivity index (χ1n) is 6.73. The second kappa shape index (κ2) is 6.21. The van der Waals surface area contributed by atoms with Crippen LogP contribution in [0.15, 0.2) is 35.3 Å². The molecule has 0 fully saturated rings. The normalized spacial score (nSPS) is 10.5. The Morgan fingerprint density at radius 1 is 1.33 bits per heavy atom. The fourth-order valence-corrected chi connectivity index (χ4v) is 2.04. The molecule has 0 saturated carbocycles. The number of rotatable bonds is 5. The van der Waals surface area contributed by atoms with E-state index in [0.717, 1.165) is 12.8 Å². The van der Waals surface area contributed by atoms with E-state index in [1.807, 2.05) is 6.92 Å². The minimum absolute atomic E-state index is 0.107. The molecule has 1 amide bonds. The van der Waals surface area contributed by atoms with Gasteiger partial charge in [-0.05, 0) is 30.7 Å². The van der Waals surface area contributed by atoms with Crippen LogP contribution in [0.1, 0.15) is 30.3 Å². The lowest BCUT2D eigenvalue weighted by Gasteiger charge is -2.11. The number of carbonyl (C=O) groups is 1. The Kier molecular flexibility index (Phi) is 4.37. The van der Waals surface area contributed by atoms with Crippen molar-refractivity contribution in [3.8, 4) is 17.0 Å². The van der Waals surface area contributed by atoms with Gasteiger partial charge >= 0.3 is 0 Å². The summed E-state index contributed by atoms with van der Waals surface area (Å²) in [5, 5.41) is 9.30. The van der Waals surface area contributed by atoms with Crippen LogP contribution in [0, 0.1) is 0 Å². The van der Waals surface area contributed by atoms with E-state index < -0.39 is 5.91 Å². The number of aromatic nitrogens is 2. The average Bonchev–Trinajstić information content (AvgIpc) is 2.46. The van der Waals surface area contributed by atoms with Crippen LogP contribution in [0.3, 0.4) is 0 Å². The van der Waals surface area contributed by atoms with Gasteiger partial charge in [-0.15, -0.1) is 0 Å². The topological polar surface area (TPSA) is 98.2 Å². The fraction of sp³-hybridized carbons (Fsp3) is 0.267. The van der Waals surface area contributed by atoms with Crippen LogP contribution in [-0.4, -0.2) is 20.6 Å². The zero-order chi connectivity index (χ0) is 15.4. The van der Waals surface area contributed by atoms with E-state index in [0.29, 0.717) is 12.1 Å². The molecule has 0 saturated heterocycles. The smallest absolute Gasteiger partial charge is 0.277 e. The Hall–Kier alpha value is -2.63. The van der Waals surface area contributed by atoms with Crippen molar-refractivity contribution in [3.63, 3.8) is 0 Å². The molecule has 0 unspecified atom stereocenters. The van der Waals surface area contributed by atoms with E-state index in [1.54, 1.807) is 12.1 Å². The number of unbranched alkanes of at least 4 members (excludes halogenated alkanes) is 1. The minimum Gasteiger partial charge on any atom is -0.508 e. The number of amides is 1. The van der Waals surface area contributed by atoms with Crippen molar-refractivity contribution in [1.29, 1.82) is 0 Å². The predicted octanol–water partition coefficient (Wildman–Crippen LogP) is 1.51. The Morgan fingerprint density at radius 2 is 2.00 bits per heavy atom. The quantitative estimate of drug-likeness (QED) is 0.871. The third kappa shape index (κ3) is 3.10. The highest BCUT2D eigenvalue weighted by molar-refractivity contribution is 5.90. The number of benzene rings is 1. The third-order valence-electron chi connectivity index (χ3n) is 3.18. The van der Waals surface area contributed by atoms with Gasteiger partial charge < -0.3 is 15.4 Å². The van der Waals surface area contributed by atoms with Gasteiger partial charge in [-0.3, -0.25) is 9.59 Å². The van der Waals surface area contributed by atoms with Gasteiger partial charge in [0.25, 0.3) is 11.5 Å². The number of hydrogen-bond donors (Lipinski definition) is 2. The summed E-state index contributed by atoms with van der Waals surface area (Å²) in [5.41, 5.74) is 5.86. The SMILES string of the molecule is CCCCn1c(C(N)=O)cnc(-c2ccc(O)cc2)c1=O. The Bertz CT molecular complexity index is 705. The zero-order valence-corrected chi connectivity index (χ0v) is 11.7. The minimum atomic E-state index is -0.673. The monoisotopic (exact) mass is 287 g/mol. The van der Waals surface area contributed by atoms with Crippen LogP contribution in [0.4, 0.5) is 0 Å². The molecule has 1 aromatic heterocycles. The van der Waals surface area contributed by atoms with Gasteiger partial charge in [-0.2, -0.15) is 0 Å². The van der Waals surface area contributed by atoms with Gasteiger partial charge in [-0.1, -0.05) is 13.3 Å². The standard InChI is InChI=1S/C15H17N3O3/c1-2-3-8-18-12(14(16)20)9-17-13(15(18)21)10-4-6-11(19)7-5-10/h4-7,9,19H,2-3,8H2,1H3,(H2,16,20). The van der Waals surface area contributed by atoms with Crippen molar-refractivity contribution >= 4 is 5.91 Å². The van der Waals surface area contributed by atoms with Gasteiger partial charge in [0.2, 0.25) is 0 Å². The Labute approximate surface area is 121 Å². The summed E-state index contributed by atoms with van der Waals surface area (Å²) in [6.07, 6.45) is 2.97. The summed E-state index contributed by atoms with van der Waals surface area (Å²) >= 11 is 0. The Balaban J connectivity index is 2.56. The molecule has 0 bridgehead atoms. The molecule has 6 nitrogen and oxygen atoms in total. The van der Waals surface area contributed by atoms with Crippen molar-refractivity contribution in [2.45, 2.75) is 26.3 Å². The second-order valence-corrected chi connectivity index (χ2v) is 4.71. The first-order valence-corrected chi connectivity index (χ1v) is 6.73. The molecule has 21 heavy (non-hydrogen) atoms. The maximum atomic E-state index is 12.5. The van der Waals surface area contributed by atoms with E-state index >= 15 is 0 Å². The molecular formula is C15H17N3O3. The van der Waals surface area contributed by atoms with Crippen LogP contribution in [-0.2, 0) is 6.54 Å². The highest BCUT2D eigenvalue weighted by Gasteiger charge is 2.14. The van der Waals surface area contributed by atoms with E-state index in [-0.39, 0.29) is 22.7 Å². The largest absolute Gasteiger partial charge is 0.508 e. The van der Waals surface area contributed by atoms with Gasteiger partial charge in [0.15, 0.2) is 0 Å². The van der Waals surface area contributed by atoms with Crippen molar-refractivity contribution < 1.29 is 9.90 Å². The maximum Gasteiger partial charge on any atom is 0.277 e. The molecule has 110 valence electrons. The highest BCUT2D eigenvalue weighted by Crippen LogP contribution is 2.17. The molecule has 0 aliphatic rings. The van der Waals surface area contributed by atoms with Gasteiger partial charge in [0, 0.05) is 12.1 Å². The zero-order valence-electron chi connectivity index (χ0n) is 11.7. The van der Waals surface area contributed by atoms with Crippen molar-refractivity contribution in [2.24, 2.45) is 5.73 Å². The fourth-order valence-electron chi connectivity index (χ4n) is 2.04. The van der Waals surface area contributed by atoms with E-state index in [1.165, 1.54) is 22.9 Å². The summed E-state index contributed by atoms with van der Waals surface area (Å²) in [7, 11) is 0. The van der Waals surface area contributed by atoms with Gasteiger partial charge in [0.05, 0.1) is 6.20 Å². The number of phenols is 1. The molecule has 6 heteroatoms. The van der Waals surface area contributed by atoms with Crippen LogP contribution in [0.5, 0.6) is 5.75 Å². The van der Waals surface area contributed by atoms with E-state index in [9.17, 15) is 14.7 Å². The van der Waals surface area contributed by atoms with Crippen LogP contribution >= 0.6 is 0 Å². The van der Waals surface area contributed by atoms with Gasteiger partial charge in [0.1, 0.15) is 17.1 Å². The molecule has 2 aromatic rings. The van der Waals surface area contributed by atoms with Crippen LogP contribution < -0.4 is 11.3 Å². The molecule has 0 aliphatic heterocycles. The molecule has 0 atom stereocenters. The lowest BCUT2D eigenvalue weighted by atomic mass is 10.1. The Morgan fingerprint density at radius 3 is 2.57 bits per heavy atom. The summed E-state index contributed by atoms with van der Waals surface area (Å²) in [4.78, 5) is 28.0. The average molecular weight is 287 g/mol. The molecule has 3 N–H and O–H groups in total. The van der Waals surface area contributed by atoms with Crippen molar-refractivity contribution in [2.75, 3.05) is 0 Å². The molecule has 1 heterocycles. The van der Waals surface area contributed by atoms with E-state index in [2.05, 4.69) is 4.98 Å². The van der Waals surface area contributed by atoms with Gasteiger partial charge in [-0.25, -0.2) is 4.98 Å². The van der Waals surface area contributed by atoms with Crippen LogP contribution in [0.25, 0.3) is 11.3 Å². The highest BCUT2D eigenvalue weighted by atomic mass is 16.3. The summed E-state index contributed by atoms with van der Waals surface area (Å²) in [6.45, 7) is 2.41. The molecule has 0 aliphatic carbocycles. The first kappa shape index (κ1) is 14.8. The molecule has 2 rings (SSSR count). The van der Waals surface area contributed by atoms with E-state index in [4.69, 9.17) is 5.73 Å².